The molecule has 0 saturated heterocycles. The van der Waals surface area contributed by atoms with E-state index in [1.54, 1.807) is 0 Å². The number of hydrogen-bond donors (Lipinski definition) is 1. The molecule has 0 aliphatic carbocycles. The SMILES string of the molecule is C=NC(=N)c1ccc(-n2c3ccccc3c3ccccc32)cc1. The second kappa shape index (κ2) is 5.21. The van der Waals surface area contributed by atoms with Crippen LogP contribution in [-0.4, -0.2) is 17.1 Å². The van der Waals surface area contributed by atoms with Crippen molar-refractivity contribution in [1.29, 1.82) is 5.41 Å². The molecule has 110 valence electrons. The van der Waals surface area contributed by atoms with Gasteiger partial charge in [0.2, 0.25) is 0 Å². The van der Waals surface area contributed by atoms with Crippen LogP contribution < -0.4 is 0 Å². The van der Waals surface area contributed by atoms with Gasteiger partial charge in [-0.25, -0.2) is 4.99 Å². The maximum absolute atomic E-state index is 7.75. The summed E-state index contributed by atoms with van der Waals surface area (Å²) < 4.78 is 2.25. The zero-order valence-corrected chi connectivity index (χ0v) is 12.5. The summed E-state index contributed by atoms with van der Waals surface area (Å²) in [6.45, 7) is 3.41. The number of benzene rings is 3. The predicted octanol–water partition coefficient (Wildman–Crippen LogP) is 4.81. The number of aliphatic imine (C=N–C) groups is 1. The number of aromatic nitrogens is 1. The Morgan fingerprint density at radius 1 is 0.783 bits per heavy atom. The number of nitrogens with one attached hydrogen (secondary N) is 1. The van der Waals surface area contributed by atoms with E-state index in [9.17, 15) is 0 Å². The molecule has 0 amide bonds. The molecule has 3 nitrogen and oxygen atoms in total. The van der Waals surface area contributed by atoms with E-state index >= 15 is 0 Å². The van der Waals surface area contributed by atoms with Crippen molar-refractivity contribution in [2.75, 3.05) is 0 Å². The molecule has 0 unspecified atom stereocenters. The molecule has 0 fully saturated rings. The fraction of sp³-hybridized carbons (Fsp3) is 0. The van der Waals surface area contributed by atoms with Gasteiger partial charge in [-0.15, -0.1) is 0 Å². The van der Waals surface area contributed by atoms with Crippen molar-refractivity contribution in [2.45, 2.75) is 0 Å². The highest BCUT2D eigenvalue weighted by molar-refractivity contribution is 6.09. The maximum Gasteiger partial charge on any atom is 0.151 e. The first-order valence-corrected chi connectivity index (χ1v) is 7.44. The van der Waals surface area contributed by atoms with Crippen LogP contribution in [0.1, 0.15) is 5.56 Å². The summed E-state index contributed by atoms with van der Waals surface area (Å²) in [5.41, 5.74) is 4.20. The van der Waals surface area contributed by atoms with Gasteiger partial charge in [0.25, 0.3) is 0 Å². The van der Waals surface area contributed by atoms with Crippen molar-refractivity contribution in [3.8, 4) is 5.69 Å². The van der Waals surface area contributed by atoms with Crippen LogP contribution in [0.4, 0.5) is 0 Å². The molecule has 1 N–H and O–H groups in total. The highest BCUT2D eigenvalue weighted by Crippen LogP contribution is 2.31. The van der Waals surface area contributed by atoms with Crippen LogP contribution in [0.5, 0.6) is 0 Å². The summed E-state index contributed by atoms with van der Waals surface area (Å²) in [4.78, 5) is 3.68. The average molecular weight is 297 g/mol. The number of para-hydroxylation sites is 2. The molecule has 0 spiro atoms. The van der Waals surface area contributed by atoms with E-state index in [0.29, 0.717) is 0 Å². The van der Waals surface area contributed by atoms with Crippen LogP contribution in [0.3, 0.4) is 0 Å². The highest BCUT2D eigenvalue weighted by Gasteiger charge is 2.11. The second-order valence-corrected chi connectivity index (χ2v) is 5.42. The first kappa shape index (κ1) is 13.5. The molecule has 23 heavy (non-hydrogen) atoms. The zero-order valence-electron chi connectivity index (χ0n) is 12.5. The molecule has 3 heteroatoms. The lowest BCUT2D eigenvalue weighted by molar-refractivity contribution is 1.18. The number of fused-ring (bicyclic) bond motifs is 3. The molecule has 1 heterocycles. The molecule has 0 radical (unpaired) electrons. The summed E-state index contributed by atoms with van der Waals surface area (Å²) in [5.74, 6) is 0.193. The van der Waals surface area contributed by atoms with Crippen molar-refractivity contribution < 1.29 is 0 Å². The Morgan fingerprint density at radius 3 is 1.83 bits per heavy atom. The van der Waals surface area contributed by atoms with Crippen LogP contribution in [0, 0.1) is 5.41 Å². The van der Waals surface area contributed by atoms with E-state index in [0.717, 1.165) is 11.3 Å². The predicted molar refractivity (Wildman–Crippen MR) is 97.2 cm³/mol. The topological polar surface area (TPSA) is 41.1 Å². The molecule has 1 aromatic heterocycles. The van der Waals surface area contributed by atoms with Gasteiger partial charge in [0, 0.05) is 22.0 Å². The minimum absolute atomic E-state index is 0.193. The van der Waals surface area contributed by atoms with Crippen molar-refractivity contribution in [3.63, 3.8) is 0 Å². The zero-order chi connectivity index (χ0) is 15.8. The Labute approximate surface area is 134 Å². The molecule has 0 aliphatic rings. The molecule has 3 aromatic carbocycles. The van der Waals surface area contributed by atoms with E-state index in [-0.39, 0.29) is 5.84 Å². The van der Waals surface area contributed by atoms with Gasteiger partial charge in [-0.2, -0.15) is 0 Å². The van der Waals surface area contributed by atoms with E-state index in [2.05, 4.69) is 64.8 Å². The molecular formula is C20H15N3. The first-order valence-electron chi connectivity index (χ1n) is 7.44. The van der Waals surface area contributed by atoms with Crippen LogP contribution in [0.15, 0.2) is 77.8 Å². The lowest BCUT2D eigenvalue weighted by Crippen LogP contribution is -1.97. The fourth-order valence-corrected chi connectivity index (χ4v) is 3.06. The largest absolute Gasteiger partial charge is 0.309 e. The molecule has 0 bridgehead atoms. The smallest absolute Gasteiger partial charge is 0.151 e. The van der Waals surface area contributed by atoms with Crippen LogP contribution in [0.2, 0.25) is 0 Å². The third kappa shape index (κ3) is 2.06. The van der Waals surface area contributed by atoms with Crippen molar-refractivity contribution in [2.24, 2.45) is 4.99 Å². The van der Waals surface area contributed by atoms with E-state index in [1.165, 1.54) is 21.8 Å². The van der Waals surface area contributed by atoms with Crippen molar-refractivity contribution in [3.05, 3.63) is 78.4 Å². The lowest BCUT2D eigenvalue weighted by atomic mass is 10.2. The Balaban J connectivity index is 2.00. The van der Waals surface area contributed by atoms with Gasteiger partial charge in [0.1, 0.15) is 0 Å². The van der Waals surface area contributed by atoms with E-state index in [1.807, 2.05) is 24.3 Å². The molecule has 0 atom stereocenters. The maximum atomic E-state index is 7.75. The van der Waals surface area contributed by atoms with Gasteiger partial charge in [-0.3, -0.25) is 5.41 Å². The van der Waals surface area contributed by atoms with Gasteiger partial charge < -0.3 is 4.57 Å². The Kier molecular flexibility index (Phi) is 3.05. The molecule has 4 aromatic rings. The minimum atomic E-state index is 0.193. The summed E-state index contributed by atoms with van der Waals surface area (Å²) in [6, 6.07) is 24.7. The molecule has 4 rings (SSSR count). The quantitative estimate of drug-likeness (QED) is 0.407. The lowest BCUT2D eigenvalue weighted by Gasteiger charge is -2.08. The molecule has 0 saturated carbocycles. The Bertz CT molecular complexity index is 986. The summed E-state index contributed by atoms with van der Waals surface area (Å²) in [5, 5.41) is 10.2. The number of nitrogens with zero attached hydrogens (tertiary/aromatic N) is 2. The summed E-state index contributed by atoms with van der Waals surface area (Å²) >= 11 is 0. The number of hydrogen-bond acceptors (Lipinski definition) is 1. The Morgan fingerprint density at radius 2 is 1.30 bits per heavy atom. The van der Waals surface area contributed by atoms with Crippen LogP contribution >= 0.6 is 0 Å². The normalized spacial score (nSPS) is 11.0. The second-order valence-electron chi connectivity index (χ2n) is 5.42. The third-order valence-corrected chi connectivity index (χ3v) is 4.14. The average Bonchev–Trinajstić information content (AvgIpc) is 2.96. The summed E-state index contributed by atoms with van der Waals surface area (Å²) in [6.07, 6.45) is 0. The minimum Gasteiger partial charge on any atom is -0.309 e. The summed E-state index contributed by atoms with van der Waals surface area (Å²) in [7, 11) is 0. The standard InChI is InChI=1S/C20H15N3/c1-22-20(21)14-10-12-15(13-11-14)23-18-8-4-2-6-16(18)17-7-3-5-9-19(17)23/h2-13,21H,1H2. The number of rotatable bonds is 2. The highest BCUT2D eigenvalue weighted by atomic mass is 15.0. The van der Waals surface area contributed by atoms with Gasteiger partial charge in [0.05, 0.1) is 11.0 Å². The van der Waals surface area contributed by atoms with E-state index in [4.69, 9.17) is 5.41 Å². The van der Waals surface area contributed by atoms with Gasteiger partial charge in [0.15, 0.2) is 5.84 Å². The van der Waals surface area contributed by atoms with Gasteiger partial charge >= 0.3 is 0 Å². The Hall–Kier alpha value is -3.20. The van der Waals surface area contributed by atoms with Gasteiger partial charge in [-0.05, 0) is 43.1 Å². The van der Waals surface area contributed by atoms with Crippen molar-refractivity contribution >= 4 is 34.4 Å². The fourth-order valence-electron chi connectivity index (χ4n) is 3.06. The third-order valence-electron chi connectivity index (χ3n) is 4.14. The first-order chi connectivity index (χ1) is 11.3. The van der Waals surface area contributed by atoms with Gasteiger partial charge in [-0.1, -0.05) is 36.4 Å². The van der Waals surface area contributed by atoms with E-state index < -0.39 is 0 Å². The number of amidine groups is 1. The monoisotopic (exact) mass is 297 g/mol. The van der Waals surface area contributed by atoms with Crippen molar-refractivity contribution in [1.82, 2.24) is 4.57 Å². The van der Waals surface area contributed by atoms with Crippen LogP contribution in [0.25, 0.3) is 27.5 Å². The molecule has 0 aliphatic heterocycles. The molecular weight excluding hydrogens is 282 g/mol. The van der Waals surface area contributed by atoms with Crippen LogP contribution in [-0.2, 0) is 0 Å².